The molecule has 18 heavy (non-hydrogen) atoms. The zero-order chi connectivity index (χ0) is 13.1. The van der Waals surface area contributed by atoms with E-state index in [-0.39, 0.29) is 0 Å². The van der Waals surface area contributed by atoms with Crippen LogP contribution in [0.5, 0.6) is 5.75 Å². The molecule has 2 aromatic rings. The first kappa shape index (κ1) is 12.6. The van der Waals surface area contributed by atoms with Crippen LogP contribution in [0.4, 0.5) is 0 Å². The fourth-order valence-corrected chi connectivity index (χ4v) is 2.01. The highest BCUT2D eigenvalue weighted by Gasteiger charge is 2.04. The third-order valence-electron chi connectivity index (χ3n) is 2.98. The van der Waals surface area contributed by atoms with Gasteiger partial charge in [0.15, 0.2) is 0 Å². The first-order chi connectivity index (χ1) is 8.56. The quantitative estimate of drug-likeness (QED) is 0.866. The van der Waals surface area contributed by atoms with Crippen LogP contribution in [0.2, 0.25) is 0 Å². The van der Waals surface area contributed by atoms with Gasteiger partial charge >= 0.3 is 0 Å². The van der Waals surface area contributed by atoms with Crippen LogP contribution in [0, 0.1) is 13.8 Å². The minimum Gasteiger partial charge on any atom is -0.508 e. The Morgan fingerprint density at radius 3 is 2.61 bits per heavy atom. The lowest BCUT2D eigenvalue weighted by Crippen LogP contribution is -2.13. The highest BCUT2D eigenvalue weighted by molar-refractivity contribution is 5.35. The number of benzene rings is 1. The Labute approximate surface area is 107 Å². The van der Waals surface area contributed by atoms with Crippen LogP contribution in [-0.4, -0.2) is 14.9 Å². The molecule has 0 saturated carbocycles. The predicted octanol–water partition coefficient (Wildman–Crippen LogP) is 2.03. The largest absolute Gasteiger partial charge is 0.508 e. The van der Waals surface area contributed by atoms with E-state index >= 15 is 0 Å². The summed E-state index contributed by atoms with van der Waals surface area (Å²) in [5.74, 6) is 0.344. The maximum absolute atomic E-state index is 9.73. The second kappa shape index (κ2) is 5.23. The minimum atomic E-state index is 0.344. The normalized spacial score (nSPS) is 10.8. The van der Waals surface area contributed by atoms with Gasteiger partial charge in [0.05, 0.1) is 5.69 Å². The molecular formula is C14H19N3O. The van der Waals surface area contributed by atoms with Crippen LogP contribution in [-0.2, 0) is 20.1 Å². The second-order valence-electron chi connectivity index (χ2n) is 4.65. The summed E-state index contributed by atoms with van der Waals surface area (Å²) in [5, 5.41) is 17.4. The molecule has 0 saturated heterocycles. The van der Waals surface area contributed by atoms with Crippen LogP contribution in [0.25, 0.3) is 0 Å². The number of nitrogens with zero attached hydrogens (tertiary/aromatic N) is 2. The molecule has 4 heteroatoms. The maximum atomic E-state index is 9.73. The lowest BCUT2D eigenvalue weighted by molar-refractivity contribution is 0.464. The van der Waals surface area contributed by atoms with Crippen LogP contribution >= 0.6 is 0 Å². The fraction of sp³-hybridized carbons (Fsp3) is 0.357. The summed E-state index contributed by atoms with van der Waals surface area (Å²) < 4.78 is 1.82. The number of phenolic OH excluding ortho intramolecular Hbond substituents is 1. The smallest absolute Gasteiger partial charge is 0.120 e. The van der Waals surface area contributed by atoms with Crippen LogP contribution in [0.3, 0.4) is 0 Å². The van der Waals surface area contributed by atoms with Crippen molar-refractivity contribution in [3.63, 3.8) is 0 Å². The molecule has 0 spiro atoms. The zero-order valence-corrected chi connectivity index (χ0v) is 11.1. The van der Waals surface area contributed by atoms with E-state index in [2.05, 4.69) is 10.4 Å². The van der Waals surface area contributed by atoms with Gasteiger partial charge in [0.1, 0.15) is 5.75 Å². The van der Waals surface area contributed by atoms with Crippen molar-refractivity contribution in [2.75, 3.05) is 0 Å². The van der Waals surface area contributed by atoms with Gasteiger partial charge in [-0.15, -0.1) is 0 Å². The van der Waals surface area contributed by atoms with Gasteiger partial charge in [-0.2, -0.15) is 5.10 Å². The summed E-state index contributed by atoms with van der Waals surface area (Å²) in [7, 11) is 1.92. The van der Waals surface area contributed by atoms with Gasteiger partial charge in [0.25, 0.3) is 0 Å². The van der Waals surface area contributed by atoms with E-state index in [0.29, 0.717) is 12.3 Å². The SMILES string of the molecule is Cc1ccc(O)c(CNCc2cn(C)nc2C)c1. The minimum absolute atomic E-state index is 0.344. The third kappa shape index (κ3) is 2.90. The van der Waals surface area contributed by atoms with E-state index in [1.807, 2.05) is 43.9 Å². The van der Waals surface area contributed by atoms with Crippen LogP contribution < -0.4 is 5.32 Å². The number of aryl methyl sites for hydroxylation is 3. The van der Waals surface area contributed by atoms with Gasteiger partial charge in [-0.1, -0.05) is 17.7 Å². The molecule has 1 aromatic heterocycles. The Morgan fingerprint density at radius 2 is 1.94 bits per heavy atom. The molecule has 0 aliphatic rings. The molecule has 2 rings (SSSR count). The topological polar surface area (TPSA) is 50.1 Å². The van der Waals surface area contributed by atoms with E-state index in [0.717, 1.165) is 23.4 Å². The van der Waals surface area contributed by atoms with Crippen molar-refractivity contribution in [1.29, 1.82) is 0 Å². The van der Waals surface area contributed by atoms with E-state index in [1.54, 1.807) is 6.07 Å². The number of phenols is 1. The van der Waals surface area contributed by atoms with Crippen LogP contribution in [0.1, 0.15) is 22.4 Å². The summed E-state index contributed by atoms with van der Waals surface area (Å²) >= 11 is 0. The van der Waals surface area contributed by atoms with Gasteiger partial charge in [-0.25, -0.2) is 0 Å². The van der Waals surface area contributed by atoms with Gasteiger partial charge < -0.3 is 10.4 Å². The fourth-order valence-electron chi connectivity index (χ4n) is 2.01. The average molecular weight is 245 g/mol. The number of aromatic nitrogens is 2. The van der Waals surface area contributed by atoms with Gasteiger partial charge in [0.2, 0.25) is 0 Å². The highest BCUT2D eigenvalue weighted by atomic mass is 16.3. The Balaban J connectivity index is 1.96. The lowest BCUT2D eigenvalue weighted by atomic mass is 10.1. The molecule has 0 fully saturated rings. The van der Waals surface area contributed by atoms with E-state index in [9.17, 15) is 5.11 Å². The lowest BCUT2D eigenvalue weighted by Gasteiger charge is -2.07. The molecule has 96 valence electrons. The Morgan fingerprint density at radius 1 is 1.22 bits per heavy atom. The number of aromatic hydroxyl groups is 1. The van der Waals surface area contributed by atoms with Crippen molar-refractivity contribution in [1.82, 2.24) is 15.1 Å². The summed E-state index contributed by atoms with van der Waals surface area (Å²) in [4.78, 5) is 0. The second-order valence-corrected chi connectivity index (χ2v) is 4.65. The molecule has 0 radical (unpaired) electrons. The first-order valence-electron chi connectivity index (χ1n) is 6.04. The molecule has 2 N–H and O–H groups in total. The zero-order valence-electron chi connectivity index (χ0n) is 11.1. The van der Waals surface area contributed by atoms with Crippen molar-refractivity contribution in [3.05, 3.63) is 46.8 Å². The van der Waals surface area contributed by atoms with Gasteiger partial charge in [-0.3, -0.25) is 4.68 Å². The van der Waals surface area contributed by atoms with Gasteiger partial charge in [-0.05, 0) is 19.9 Å². The molecule has 0 atom stereocenters. The molecule has 0 aliphatic carbocycles. The average Bonchev–Trinajstić information content (AvgIpc) is 2.62. The standard InChI is InChI=1S/C14H19N3O/c1-10-4-5-14(18)12(6-10)7-15-8-13-9-17(3)16-11(13)2/h4-6,9,15,18H,7-8H2,1-3H3. The number of nitrogens with one attached hydrogen (secondary N) is 1. The molecule has 0 aliphatic heterocycles. The molecule has 4 nitrogen and oxygen atoms in total. The highest BCUT2D eigenvalue weighted by Crippen LogP contribution is 2.18. The van der Waals surface area contributed by atoms with Gasteiger partial charge in [0, 0.05) is 37.5 Å². The predicted molar refractivity (Wildman–Crippen MR) is 71.3 cm³/mol. The number of rotatable bonds is 4. The molecule has 0 bridgehead atoms. The molecule has 0 amide bonds. The maximum Gasteiger partial charge on any atom is 0.120 e. The molecule has 0 unspecified atom stereocenters. The van der Waals surface area contributed by atoms with Crippen molar-refractivity contribution in [3.8, 4) is 5.75 Å². The summed E-state index contributed by atoms with van der Waals surface area (Å²) in [6, 6.07) is 5.64. The molecular weight excluding hydrogens is 226 g/mol. The van der Waals surface area contributed by atoms with Crippen molar-refractivity contribution in [2.24, 2.45) is 7.05 Å². The Bertz CT molecular complexity index is 546. The molecule has 1 aromatic carbocycles. The van der Waals surface area contributed by atoms with Crippen molar-refractivity contribution in [2.45, 2.75) is 26.9 Å². The Kier molecular flexibility index (Phi) is 3.67. The number of hydrogen-bond acceptors (Lipinski definition) is 3. The van der Waals surface area contributed by atoms with Crippen molar-refractivity contribution < 1.29 is 5.11 Å². The molecule has 1 heterocycles. The summed E-state index contributed by atoms with van der Waals surface area (Å²) in [5.41, 5.74) is 4.31. The Hall–Kier alpha value is -1.81. The third-order valence-corrected chi connectivity index (χ3v) is 2.98. The number of hydrogen-bond donors (Lipinski definition) is 2. The van der Waals surface area contributed by atoms with Crippen LogP contribution in [0.15, 0.2) is 24.4 Å². The first-order valence-corrected chi connectivity index (χ1v) is 6.04. The van der Waals surface area contributed by atoms with E-state index in [4.69, 9.17) is 0 Å². The van der Waals surface area contributed by atoms with E-state index < -0.39 is 0 Å². The monoisotopic (exact) mass is 245 g/mol. The summed E-state index contributed by atoms with van der Waals surface area (Å²) in [6.45, 7) is 5.43. The van der Waals surface area contributed by atoms with E-state index in [1.165, 1.54) is 5.56 Å². The summed E-state index contributed by atoms with van der Waals surface area (Å²) in [6.07, 6.45) is 2.01. The van der Waals surface area contributed by atoms with Crippen molar-refractivity contribution >= 4 is 0 Å².